The van der Waals surface area contributed by atoms with Gasteiger partial charge in [0.05, 0.1) is 16.5 Å². The summed E-state index contributed by atoms with van der Waals surface area (Å²) in [6.45, 7) is 0. The first-order chi connectivity index (χ1) is 11.2. The largest absolute Gasteiger partial charge is 0.324 e. The lowest BCUT2D eigenvalue weighted by Gasteiger charge is -2.09. The van der Waals surface area contributed by atoms with Crippen LogP contribution < -0.4 is 5.32 Å². The second kappa shape index (κ2) is 6.17. The van der Waals surface area contributed by atoms with Crippen molar-refractivity contribution in [3.05, 3.63) is 35.1 Å². The number of rotatable bonds is 6. The van der Waals surface area contributed by atoms with Gasteiger partial charge < -0.3 is 9.88 Å². The number of thioether (sulfide) groups is 1. The Morgan fingerprint density at radius 3 is 2.74 bits per heavy atom. The predicted octanol–water partition coefficient (Wildman–Crippen LogP) is 3.87. The second-order valence-corrected chi connectivity index (χ2v) is 7.38. The fourth-order valence-corrected chi connectivity index (χ4v) is 3.56. The van der Waals surface area contributed by atoms with Crippen molar-refractivity contribution in [1.82, 2.24) is 14.8 Å². The Morgan fingerprint density at radius 1 is 1.26 bits per heavy atom. The number of halogens is 1. The third-order valence-corrected chi connectivity index (χ3v) is 5.30. The Hall–Kier alpha value is -1.53. The number of aromatic nitrogens is 3. The van der Waals surface area contributed by atoms with Gasteiger partial charge in [0.2, 0.25) is 5.91 Å². The maximum atomic E-state index is 12.1. The lowest BCUT2D eigenvalue weighted by Crippen LogP contribution is -2.15. The highest BCUT2D eigenvalue weighted by Gasteiger charge is 2.36. The van der Waals surface area contributed by atoms with Crippen molar-refractivity contribution in [3.8, 4) is 0 Å². The van der Waals surface area contributed by atoms with Gasteiger partial charge in [0.25, 0.3) is 0 Å². The number of para-hydroxylation sites is 1. The Bertz CT molecular complexity index is 739. The molecule has 2 aromatic rings. The summed E-state index contributed by atoms with van der Waals surface area (Å²) in [5.74, 6) is 1.91. The number of nitrogens with one attached hydrogen (secondary N) is 1. The van der Waals surface area contributed by atoms with Crippen molar-refractivity contribution in [1.29, 1.82) is 0 Å². The zero-order valence-corrected chi connectivity index (χ0v) is 14.1. The van der Waals surface area contributed by atoms with E-state index in [0.717, 1.165) is 11.0 Å². The molecular weight excluding hydrogens is 332 g/mol. The van der Waals surface area contributed by atoms with Gasteiger partial charge in [-0.15, -0.1) is 10.2 Å². The molecule has 2 aliphatic rings. The third-order valence-electron chi connectivity index (χ3n) is 4.03. The summed E-state index contributed by atoms with van der Waals surface area (Å²) in [4.78, 5) is 12.1. The van der Waals surface area contributed by atoms with Gasteiger partial charge in [-0.1, -0.05) is 35.5 Å². The molecule has 7 heteroatoms. The minimum atomic E-state index is -0.0820. The van der Waals surface area contributed by atoms with Gasteiger partial charge >= 0.3 is 0 Å². The average Bonchev–Trinajstić information content (AvgIpc) is 3.46. The monoisotopic (exact) mass is 348 g/mol. The fourth-order valence-electron chi connectivity index (χ4n) is 2.56. The SMILES string of the molecule is O=C(CSc1nnc(C2CC2)n1C1CC1)Nc1ccccc1Cl. The Labute approximate surface area is 143 Å². The molecule has 2 aliphatic carbocycles. The minimum Gasteiger partial charge on any atom is -0.324 e. The minimum absolute atomic E-state index is 0.0820. The predicted molar refractivity (Wildman–Crippen MR) is 91.1 cm³/mol. The van der Waals surface area contributed by atoms with E-state index in [1.165, 1.54) is 37.4 Å². The van der Waals surface area contributed by atoms with Crippen LogP contribution >= 0.6 is 23.4 Å². The van der Waals surface area contributed by atoms with Gasteiger partial charge in [0.15, 0.2) is 5.16 Å². The molecule has 2 fully saturated rings. The topological polar surface area (TPSA) is 59.8 Å². The molecule has 0 atom stereocenters. The number of nitrogens with zero attached hydrogens (tertiary/aromatic N) is 3. The van der Waals surface area contributed by atoms with Crippen molar-refractivity contribution in [2.24, 2.45) is 0 Å². The molecule has 1 N–H and O–H groups in total. The average molecular weight is 349 g/mol. The highest BCUT2D eigenvalue weighted by atomic mass is 35.5. The quantitative estimate of drug-likeness (QED) is 0.805. The molecule has 23 heavy (non-hydrogen) atoms. The summed E-state index contributed by atoms with van der Waals surface area (Å²) in [6, 6.07) is 7.78. The highest BCUT2D eigenvalue weighted by Crippen LogP contribution is 2.45. The van der Waals surface area contributed by atoms with Crippen LogP contribution in [-0.4, -0.2) is 26.4 Å². The molecule has 1 aromatic carbocycles. The third kappa shape index (κ3) is 3.38. The second-order valence-electron chi connectivity index (χ2n) is 6.03. The molecule has 1 amide bonds. The molecule has 0 saturated heterocycles. The van der Waals surface area contributed by atoms with Crippen LogP contribution in [0.15, 0.2) is 29.4 Å². The van der Waals surface area contributed by atoms with Crippen LogP contribution in [0.5, 0.6) is 0 Å². The molecule has 4 rings (SSSR count). The first-order valence-electron chi connectivity index (χ1n) is 7.84. The zero-order chi connectivity index (χ0) is 15.8. The molecular formula is C16H17ClN4OS. The van der Waals surface area contributed by atoms with Crippen molar-refractivity contribution in [2.75, 3.05) is 11.1 Å². The number of anilines is 1. The van der Waals surface area contributed by atoms with Gasteiger partial charge in [-0.05, 0) is 37.8 Å². The number of carbonyl (C=O) groups is 1. The summed E-state index contributed by atoms with van der Waals surface area (Å²) >= 11 is 7.51. The lowest BCUT2D eigenvalue weighted by atomic mass is 10.3. The van der Waals surface area contributed by atoms with E-state index in [4.69, 9.17) is 11.6 Å². The van der Waals surface area contributed by atoms with E-state index in [1.54, 1.807) is 12.1 Å². The summed E-state index contributed by atoms with van der Waals surface area (Å²) in [6.07, 6.45) is 4.80. The number of amides is 1. The van der Waals surface area contributed by atoms with Crippen molar-refractivity contribution < 1.29 is 4.79 Å². The van der Waals surface area contributed by atoms with E-state index in [1.807, 2.05) is 12.1 Å². The van der Waals surface area contributed by atoms with Crippen LogP contribution in [0.3, 0.4) is 0 Å². The first-order valence-corrected chi connectivity index (χ1v) is 9.20. The van der Waals surface area contributed by atoms with Gasteiger partial charge in [-0.3, -0.25) is 4.79 Å². The van der Waals surface area contributed by atoms with Crippen LogP contribution in [0.2, 0.25) is 5.02 Å². The molecule has 5 nitrogen and oxygen atoms in total. The highest BCUT2D eigenvalue weighted by molar-refractivity contribution is 7.99. The van der Waals surface area contributed by atoms with Crippen LogP contribution in [-0.2, 0) is 4.79 Å². The Kier molecular flexibility index (Phi) is 4.03. The van der Waals surface area contributed by atoms with Crippen molar-refractivity contribution >= 4 is 35.0 Å². The number of hydrogen-bond acceptors (Lipinski definition) is 4. The van der Waals surface area contributed by atoms with E-state index in [-0.39, 0.29) is 5.91 Å². The van der Waals surface area contributed by atoms with Gasteiger partial charge in [-0.2, -0.15) is 0 Å². The van der Waals surface area contributed by atoms with Gasteiger partial charge in [-0.25, -0.2) is 0 Å². The number of benzene rings is 1. The van der Waals surface area contributed by atoms with Crippen molar-refractivity contribution in [2.45, 2.75) is 42.8 Å². The van der Waals surface area contributed by atoms with Gasteiger partial charge in [0.1, 0.15) is 5.82 Å². The van der Waals surface area contributed by atoms with E-state index in [2.05, 4.69) is 20.1 Å². The smallest absolute Gasteiger partial charge is 0.234 e. The maximum absolute atomic E-state index is 12.1. The van der Waals surface area contributed by atoms with Crippen LogP contribution in [0.25, 0.3) is 0 Å². The first kappa shape index (κ1) is 15.0. The Balaban J connectivity index is 1.41. The lowest BCUT2D eigenvalue weighted by molar-refractivity contribution is -0.113. The fraction of sp³-hybridized carbons (Fsp3) is 0.438. The number of hydrogen-bond donors (Lipinski definition) is 1. The number of carbonyl (C=O) groups excluding carboxylic acids is 1. The van der Waals surface area contributed by atoms with E-state index in [0.29, 0.717) is 28.4 Å². The summed E-state index contributed by atoms with van der Waals surface area (Å²) in [7, 11) is 0. The molecule has 1 aromatic heterocycles. The Morgan fingerprint density at radius 2 is 2.04 bits per heavy atom. The van der Waals surface area contributed by atoms with E-state index < -0.39 is 0 Å². The summed E-state index contributed by atoms with van der Waals surface area (Å²) in [5.41, 5.74) is 0.641. The molecule has 0 unspecified atom stereocenters. The van der Waals surface area contributed by atoms with Gasteiger partial charge in [0, 0.05) is 12.0 Å². The normalized spacial score (nSPS) is 17.3. The molecule has 120 valence electrons. The van der Waals surface area contributed by atoms with Crippen LogP contribution in [0.4, 0.5) is 5.69 Å². The molecule has 0 bridgehead atoms. The maximum Gasteiger partial charge on any atom is 0.234 e. The molecule has 1 heterocycles. The van der Waals surface area contributed by atoms with E-state index in [9.17, 15) is 4.79 Å². The zero-order valence-electron chi connectivity index (χ0n) is 12.5. The molecule has 0 spiro atoms. The van der Waals surface area contributed by atoms with E-state index >= 15 is 0 Å². The van der Waals surface area contributed by atoms with Crippen LogP contribution in [0.1, 0.15) is 43.5 Å². The standard InChI is InChI=1S/C16H17ClN4OS/c17-12-3-1-2-4-13(12)18-14(22)9-23-16-20-19-15(10-5-6-10)21(16)11-7-8-11/h1-4,10-11H,5-9H2,(H,18,22). The molecule has 2 saturated carbocycles. The van der Waals surface area contributed by atoms with Crippen LogP contribution in [0, 0.1) is 0 Å². The molecule has 0 aliphatic heterocycles. The summed E-state index contributed by atoms with van der Waals surface area (Å²) < 4.78 is 2.26. The molecule has 0 radical (unpaired) electrons. The summed E-state index contributed by atoms with van der Waals surface area (Å²) in [5, 5.41) is 12.9. The van der Waals surface area contributed by atoms with Crippen molar-refractivity contribution in [3.63, 3.8) is 0 Å².